The number of hydrogen-bond acceptors (Lipinski definition) is 3. The summed E-state index contributed by atoms with van der Waals surface area (Å²) in [5.41, 5.74) is 5.91. The number of nitrogens with two attached hydrogens (primary N) is 1. The van der Waals surface area contributed by atoms with Crippen molar-refractivity contribution in [1.29, 1.82) is 0 Å². The van der Waals surface area contributed by atoms with E-state index >= 15 is 0 Å². The van der Waals surface area contributed by atoms with Crippen LogP contribution in [-0.2, 0) is 11.3 Å². The molecular formula is C10H16N2O2. The van der Waals surface area contributed by atoms with E-state index in [1.165, 1.54) is 0 Å². The molecule has 4 nitrogen and oxygen atoms in total. The van der Waals surface area contributed by atoms with Gasteiger partial charge in [-0.2, -0.15) is 0 Å². The third-order valence-electron chi connectivity index (χ3n) is 2.29. The van der Waals surface area contributed by atoms with Crippen LogP contribution < -0.4 is 11.1 Å². The second-order valence-electron chi connectivity index (χ2n) is 3.59. The molecule has 78 valence electrons. The maximum Gasteiger partial charge on any atom is 0.240 e. The Morgan fingerprint density at radius 3 is 2.93 bits per heavy atom. The Morgan fingerprint density at radius 2 is 2.43 bits per heavy atom. The summed E-state index contributed by atoms with van der Waals surface area (Å²) in [6.07, 6.45) is 3.78. The molecule has 0 saturated heterocycles. The molecule has 0 bridgehead atoms. The van der Waals surface area contributed by atoms with E-state index in [1.54, 1.807) is 25.5 Å². The van der Waals surface area contributed by atoms with Crippen molar-refractivity contribution in [2.45, 2.75) is 32.4 Å². The number of hydrogen-bond donors (Lipinski definition) is 2. The fraction of sp³-hybridized carbons (Fsp3) is 0.500. The maximum absolute atomic E-state index is 11.5. The molecule has 1 heterocycles. The molecule has 0 fully saturated rings. The molecule has 0 radical (unpaired) electrons. The highest BCUT2D eigenvalue weighted by atomic mass is 16.3. The standard InChI is InChI=1S/C10H16N2O2/c1-3-10(2,11)9(13)12-6-8-4-5-14-7-8/h4-5,7H,3,6,11H2,1-2H3,(H,12,13). The van der Waals surface area contributed by atoms with E-state index in [1.807, 2.05) is 6.92 Å². The Kier molecular flexibility index (Phi) is 3.30. The van der Waals surface area contributed by atoms with Gasteiger partial charge in [0.05, 0.1) is 18.1 Å². The monoisotopic (exact) mass is 196 g/mol. The molecule has 1 unspecified atom stereocenters. The van der Waals surface area contributed by atoms with Gasteiger partial charge < -0.3 is 15.5 Å². The number of nitrogens with one attached hydrogen (secondary N) is 1. The summed E-state index contributed by atoms with van der Waals surface area (Å²) in [5.74, 6) is -0.138. The summed E-state index contributed by atoms with van der Waals surface area (Å²) < 4.78 is 4.88. The van der Waals surface area contributed by atoms with Crippen molar-refractivity contribution >= 4 is 5.91 Å². The third-order valence-corrected chi connectivity index (χ3v) is 2.29. The first-order valence-electron chi connectivity index (χ1n) is 4.64. The number of rotatable bonds is 4. The largest absolute Gasteiger partial charge is 0.472 e. The van der Waals surface area contributed by atoms with Crippen LogP contribution in [0.15, 0.2) is 23.0 Å². The normalized spacial score (nSPS) is 14.8. The van der Waals surface area contributed by atoms with Crippen LogP contribution in [0, 0.1) is 0 Å². The van der Waals surface area contributed by atoms with Gasteiger partial charge in [0.15, 0.2) is 0 Å². The smallest absolute Gasteiger partial charge is 0.240 e. The average molecular weight is 196 g/mol. The summed E-state index contributed by atoms with van der Waals surface area (Å²) in [7, 11) is 0. The highest BCUT2D eigenvalue weighted by molar-refractivity contribution is 5.85. The second-order valence-corrected chi connectivity index (χ2v) is 3.59. The third kappa shape index (κ3) is 2.60. The van der Waals surface area contributed by atoms with Gasteiger partial charge in [-0.15, -0.1) is 0 Å². The predicted octanol–water partition coefficient (Wildman–Crippen LogP) is 1.02. The quantitative estimate of drug-likeness (QED) is 0.755. The molecule has 1 aromatic heterocycles. The van der Waals surface area contributed by atoms with Crippen molar-refractivity contribution in [1.82, 2.24) is 5.32 Å². The number of carbonyl (C=O) groups excluding carboxylic acids is 1. The van der Waals surface area contributed by atoms with Gasteiger partial charge in [0.1, 0.15) is 0 Å². The van der Waals surface area contributed by atoms with Crippen molar-refractivity contribution in [3.63, 3.8) is 0 Å². The highest BCUT2D eigenvalue weighted by Gasteiger charge is 2.25. The van der Waals surface area contributed by atoms with E-state index in [4.69, 9.17) is 10.2 Å². The summed E-state index contributed by atoms with van der Waals surface area (Å²) in [5, 5.41) is 2.75. The molecule has 0 aliphatic rings. The van der Waals surface area contributed by atoms with Crippen molar-refractivity contribution < 1.29 is 9.21 Å². The Balaban J connectivity index is 2.43. The molecule has 0 saturated carbocycles. The van der Waals surface area contributed by atoms with Crippen LogP contribution in [0.2, 0.25) is 0 Å². The van der Waals surface area contributed by atoms with Gasteiger partial charge in [0.25, 0.3) is 0 Å². The van der Waals surface area contributed by atoms with E-state index in [0.29, 0.717) is 13.0 Å². The van der Waals surface area contributed by atoms with Gasteiger partial charge in [-0.05, 0) is 19.4 Å². The van der Waals surface area contributed by atoms with Crippen LogP contribution >= 0.6 is 0 Å². The van der Waals surface area contributed by atoms with Gasteiger partial charge in [0.2, 0.25) is 5.91 Å². The lowest BCUT2D eigenvalue weighted by Crippen LogP contribution is -2.50. The van der Waals surface area contributed by atoms with E-state index in [0.717, 1.165) is 5.56 Å². The Hall–Kier alpha value is -1.29. The molecule has 0 aliphatic heterocycles. The summed E-state index contributed by atoms with van der Waals surface area (Å²) in [6, 6.07) is 1.81. The van der Waals surface area contributed by atoms with E-state index in [2.05, 4.69) is 5.32 Å². The molecule has 1 rings (SSSR count). The minimum Gasteiger partial charge on any atom is -0.472 e. The Bertz CT molecular complexity index is 291. The summed E-state index contributed by atoms with van der Waals surface area (Å²) >= 11 is 0. The molecule has 0 spiro atoms. The molecule has 1 amide bonds. The van der Waals surface area contributed by atoms with E-state index in [-0.39, 0.29) is 5.91 Å². The molecule has 1 aromatic rings. The zero-order chi connectivity index (χ0) is 10.6. The number of amides is 1. The van der Waals surface area contributed by atoms with Crippen LogP contribution in [-0.4, -0.2) is 11.4 Å². The van der Waals surface area contributed by atoms with Crippen molar-refractivity contribution in [3.8, 4) is 0 Å². The van der Waals surface area contributed by atoms with Gasteiger partial charge in [-0.25, -0.2) is 0 Å². The zero-order valence-electron chi connectivity index (χ0n) is 8.54. The lowest BCUT2D eigenvalue weighted by Gasteiger charge is -2.21. The Labute approximate surface area is 83.5 Å². The molecule has 14 heavy (non-hydrogen) atoms. The first-order chi connectivity index (χ1) is 6.56. The Morgan fingerprint density at radius 1 is 1.71 bits per heavy atom. The van der Waals surface area contributed by atoms with Crippen LogP contribution in [0.5, 0.6) is 0 Å². The van der Waals surface area contributed by atoms with Crippen LogP contribution in [0.3, 0.4) is 0 Å². The molecule has 0 aromatic carbocycles. The minimum atomic E-state index is -0.788. The summed E-state index contributed by atoms with van der Waals surface area (Å²) in [6.45, 7) is 4.07. The molecule has 1 atom stereocenters. The average Bonchev–Trinajstić information content (AvgIpc) is 2.66. The molecule has 0 aliphatic carbocycles. The maximum atomic E-state index is 11.5. The first kappa shape index (κ1) is 10.8. The van der Waals surface area contributed by atoms with Gasteiger partial charge in [-0.3, -0.25) is 4.79 Å². The fourth-order valence-corrected chi connectivity index (χ4v) is 0.938. The van der Waals surface area contributed by atoms with Crippen molar-refractivity contribution in [3.05, 3.63) is 24.2 Å². The highest BCUT2D eigenvalue weighted by Crippen LogP contribution is 2.05. The van der Waals surface area contributed by atoms with Crippen LogP contribution in [0.25, 0.3) is 0 Å². The molecular weight excluding hydrogens is 180 g/mol. The van der Waals surface area contributed by atoms with Crippen molar-refractivity contribution in [2.24, 2.45) is 5.73 Å². The lowest BCUT2D eigenvalue weighted by molar-refractivity contribution is -0.126. The minimum absolute atomic E-state index is 0.138. The number of carbonyl (C=O) groups is 1. The molecule has 3 N–H and O–H groups in total. The van der Waals surface area contributed by atoms with Crippen LogP contribution in [0.1, 0.15) is 25.8 Å². The SMILES string of the molecule is CCC(C)(N)C(=O)NCc1ccoc1. The van der Waals surface area contributed by atoms with Crippen molar-refractivity contribution in [2.75, 3.05) is 0 Å². The first-order valence-corrected chi connectivity index (χ1v) is 4.64. The zero-order valence-corrected chi connectivity index (χ0v) is 8.54. The topological polar surface area (TPSA) is 68.3 Å². The second kappa shape index (κ2) is 4.28. The van der Waals surface area contributed by atoms with E-state index < -0.39 is 5.54 Å². The van der Waals surface area contributed by atoms with Gasteiger partial charge in [-0.1, -0.05) is 6.92 Å². The fourth-order valence-electron chi connectivity index (χ4n) is 0.938. The lowest BCUT2D eigenvalue weighted by atomic mass is 9.99. The number of furan rings is 1. The molecule has 4 heteroatoms. The predicted molar refractivity (Wildman–Crippen MR) is 53.4 cm³/mol. The van der Waals surface area contributed by atoms with E-state index in [9.17, 15) is 4.79 Å². The van der Waals surface area contributed by atoms with Gasteiger partial charge in [0, 0.05) is 12.1 Å². The van der Waals surface area contributed by atoms with Gasteiger partial charge >= 0.3 is 0 Å². The summed E-state index contributed by atoms with van der Waals surface area (Å²) in [4.78, 5) is 11.5. The van der Waals surface area contributed by atoms with Crippen LogP contribution in [0.4, 0.5) is 0 Å².